The Hall–Kier alpha value is -2.08. The number of carbonyl (C=O) groups excluding carboxylic acids is 2. The van der Waals surface area contributed by atoms with Crippen LogP contribution in [0.5, 0.6) is 0 Å². The van der Waals surface area contributed by atoms with Gasteiger partial charge in [-0.1, -0.05) is 12.5 Å². The van der Waals surface area contributed by atoms with E-state index in [4.69, 9.17) is 4.74 Å². The number of amides is 2. The molecule has 2 amide bonds. The van der Waals surface area contributed by atoms with Crippen molar-refractivity contribution in [2.75, 3.05) is 25.0 Å². The van der Waals surface area contributed by atoms with E-state index in [-0.39, 0.29) is 5.91 Å². The molecule has 0 aliphatic carbocycles. The van der Waals surface area contributed by atoms with Crippen LogP contribution in [0.3, 0.4) is 0 Å². The molecule has 2 N–H and O–H groups in total. The lowest BCUT2D eigenvalue weighted by atomic mass is 10.0. The summed E-state index contributed by atoms with van der Waals surface area (Å²) in [4.78, 5) is 26.7. The number of rotatable bonds is 6. The van der Waals surface area contributed by atoms with E-state index in [0.29, 0.717) is 23.8 Å². The number of likely N-dealkylation sites (tertiary alicyclic amines) is 1. The first-order valence-electron chi connectivity index (χ1n) is 9.87. The topological polar surface area (TPSA) is 70.7 Å². The molecule has 6 nitrogen and oxygen atoms in total. The SMILES string of the molecule is CC1CCCCN1CCCNC(=O)c1cccc(NC(=O)OC(C)(C)C)c1. The maximum atomic E-state index is 12.4. The summed E-state index contributed by atoms with van der Waals surface area (Å²) in [6, 6.07) is 7.52. The van der Waals surface area contributed by atoms with Gasteiger partial charge in [0, 0.05) is 30.4 Å². The van der Waals surface area contributed by atoms with Crippen molar-refractivity contribution in [3.8, 4) is 0 Å². The molecule has 0 aromatic heterocycles. The molecule has 0 spiro atoms. The molecule has 1 aromatic carbocycles. The van der Waals surface area contributed by atoms with Crippen LogP contribution in [-0.2, 0) is 4.74 Å². The summed E-state index contributed by atoms with van der Waals surface area (Å²) in [6.07, 6.45) is 4.27. The van der Waals surface area contributed by atoms with E-state index in [2.05, 4.69) is 22.5 Å². The van der Waals surface area contributed by atoms with Crippen LogP contribution < -0.4 is 10.6 Å². The molecular weight excluding hydrogens is 342 g/mol. The van der Waals surface area contributed by atoms with Gasteiger partial charge in [-0.3, -0.25) is 10.1 Å². The Balaban J connectivity index is 1.78. The number of ether oxygens (including phenoxy) is 1. The van der Waals surface area contributed by atoms with Crippen molar-refractivity contribution in [1.82, 2.24) is 10.2 Å². The van der Waals surface area contributed by atoms with Crippen LogP contribution in [0, 0.1) is 0 Å². The minimum atomic E-state index is -0.565. The highest BCUT2D eigenvalue weighted by atomic mass is 16.6. The molecule has 1 heterocycles. The predicted molar refractivity (Wildman–Crippen MR) is 108 cm³/mol. The lowest BCUT2D eigenvalue weighted by Gasteiger charge is -2.33. The minimum Gasteiger partial charge on any atom is -0.444 e. The zero-order valence-corrected chi connectivity index (χ0v) is 17.0. The van der Waals surface area contributed by atoms with Crippen molar-refractivity contribution in [3.63, 3.8) is 0 Å². The maximum absolute atomic E-state index is 12.4. The van der Waals surface area contributed by atoms with Gasteiger partial charge in [0.25, 0.3) is 5.91 Å². The average Bonchev–Trinajstić information content (AvgIpc) is 2.58. The third-order valence-electron chi connectivity index (χ3n) is 4.62. The second-order valence-corrected chi connectivity index (χ2v) is 8.20. The van der Waals surface area contributed by atoms with Gasteiger partial charge in [-0.05, 0) is 71.7 Å². The largest absolute Gasteiger partial charge is 0.444 e. The normalized spacial score (nSPS) is 18.0. The van der Waals surface area contributed by atoms with Gasteiger partial charge >= 0.3 is 6.09 Å². The fourth-order valence-electron chi connectivity index (χ4n) is 3.24. The number of hydrogen-bond acceptors (Lipinski definition) is 4. The molecule has 150 valence electrons. The molecule has 6 heteroatoms. The standard InChI is InChI=1S/C21H33N3O3/c1-16-9-5-6-13-24(16)14-8-12-22-19(25)17-10-7-11-18(15-17)23-20(26)27-21(2,3)4/h7,10-11,15-16H,5-6,8-9,12-14H2,1-4H3,(H,22,25)(H,23,26). The van der Waals surface area contributed by atoms with E-state index in [0.717, 1.165) is 19.5 Å². The molecule has 0 bridgehead atoms. The molecule has 1 aromatic rings. The van der Waals surface area contributed by atoms with Crippen molar-refractivity contribution >= 4 is 17.7 Å². The monoisotopic (exact) mass is 375 g/mol. The Labute approximate surface area is 162 Å². The lowest BCUT2D eigenvalue weighted by Crippen LogP contribution is -2.39. The molecule has 1 atom stereocenters. The third-order valence-corrected chi connectivity index (χ3v) is 4.62. The molecule has 0 saturated carbocycles. The van der Waals surface area contributed by atoms with Crippen molar-refractivity contribution in [2.24, 2.45) is 0 Å². The molecule has 2 rings (SSSR count). The Kier molecular flexibility index (Phi) is 7.66. The van der Waals surface area contributed by atoms with E-state index in [1.807, 2.05) is 0 Å². The maximum Gasteiger partial charge on any atom is 0.412 e. The van der Waals surface area contributed by atoms with Crippen LogP contribution >= 0.6 is 0 Å². The zero-order valence-electron chi connectivity index (χ0n) is 17.0. The highest BCUT2D eigenvalue weighted by molar-refractivity contribution is 5.96. The van der Waals surface area contributed by atoms with Crippen LogP contribution in [0.1, 0.15) is 63.7 Å². The van der Waals surface area contributed by atoms with E-state index in [1.54, 1.807) is 45.0 Å². The summed E-state index contributed by atoms with van der Waals surface area (Å²) in [6.45, 7) is 10.5. The fraction of sp³-hybridized carbons (Fsp3) is 0.619. The van der Waals surface area contributed by atoms with Gasteiger partial charge in [-0.25, -0.2) is 4.79 Å². The van der Waals surface area contributed by atoms with Crippen LogP contribution in [0.15, 0.2) is 24.3 Å². The summed E-state index contributed by atoms with van der Waals surface area (Å²) in [5, 5.41) is 5.62. The minimum absolute atomic E-state index is 0.130. The Bertz CT molecular complexity index is 640. The molecule has 1 fully saturated rings. The van der Waals surface area contributed by atoms with Crippen molar-refractivity contribution in [3.05, 3.63) is 29.8 Å². The number of carbonyl (C=O) groups is 2. The number of nitrogens with zero attached hydrogens (tertiary/aromatic N) is 1. The first-order valence-corrected chi connectivity index (χ1v) is 9.87. The Morgan fingerprint density at radius 1 is 1.26 bits per heavy atom. The lowest BCUT2D eigenvalue weighted by molar-refractivity contribution is 0.0635. The van der Waals surface area contributed by atoms with Gasteiger partial charge in [-0.15, -0.1) is 0 Å². The zero-order chi connectivity index (χ0) is 19.9. The molecule has 1 aliphatic heterocycles. The highest BCUT2D eigenvalue weighted by Gasteiger charge is 2.18. The van der Waals surface area contributed by atoms with Gasteiger partial charge in [0.05, 0.1) is 0 Å². The van der Waals surface area contributed by atoms with Gasteiger partial charge in [0.15, 0.2) is 0 Å². The molecule has 1 unspecified atom stereocenters. The summed E-state index contributed by atoms with van der Waals surface area (Å²) in [7, 11) is 0. The van der Waals surface area contributed by atoms with Crippen LogP contribution in [0.4, 0.5) is 10.5 Å². The second kappa shape index (κ2) is 9.74. The van der Waals surface area contributed by atoms with Gasteiger partial charge < -0.3 is 15.0 Å². The smallest absolute Gasteiger partial charge is 0.412 e. The molecule has 1 saturated heterocycles. The molecular formula is C21H33N3O3. The third kappa shape index (κ3) is 7.59. The van der Waals surface area contributed by atoms with Gasteiger partial charge in [0.2, 0.25) is 0 Å². The van der Waals surface area contributed by atoms with Crippen LogP contribution in [0.25, 0.3) is 0 Å². The van der Waals surface area contributed by atoms with Crippen LogP contribution in [-0.4, -0.2) is 48.2 Å². The molecule has 0 radical (unpaired) electrons. The fourth-order valence-corrected chi connectivity index (χ4v) is 3.24. The number of nitrogens with one attached hydrogen (secondary N) is 2. The predicted octanol–water partition coefficient (Wildman–Crippen LogP) is 4.03. The van der Waals surface area contributed by atoms with Crippen LogP contribution in [0.2, 0.25) is 0 Å². The van der Waals surface area contributed by atoms with E-state index < -0.39 is 11.7 Å². The van der Waals surface area contributed by atoms with E-state index in [9.17, 15) is 9.59 Å². The van der Waals surface area contributed by atoms with Crippen molar-refractivity contribution < 1.29 is 14.3 Å². The Morgan fingerprint density at radius 2 is 2.04 bits per heavy atom. The van der Waals surface area contributed by atoms with Crippen molar-refractivity contribution in [2.45, 2.75) is 65.0 Å². The first-order chi connectivity index (χ1) is 12.7. The molecule has 27 heavy (non-hydrogen) atoms. The summed E-state index contributed by atoms with van der Waals surface area (Å²) in [5.74, 6) is -0.130. The number of benzene rings is 1. The van der Waals surface area contributed by atoms with Crippen molar-refractivity contribution in [1.29, 1.82) is 0 Å². The highest BCUT2D eigenvalue weighted by Crippen LogP contribution is 2.16. The van der Waals surface area contributed by atoms with Gasteiger partial charge in [0.1, 0.15) is 5.60 Å². The van der Waals surface area contributed by atoms with E-state index in [1.165, 1.54) is 19.3 Å². The average molecular weight is 376 g/mol. The number of hydrogen-bond donors (Lipinski definition) is 2. The quantitative estimate of drug-likeness (QED) is 0.737. The summed E-state index contributed by atoms with van der Waals surface area (Å²) < 4.78 is 5.23. The van der Waals surface area contributed by atoms with E-state index >= 15 is 0 Å². The molecule has 1 aliphatic rings. The second-order valence-electron chi connectivity index (χ2n) is 8.20. The van der Waals surface area contributed by atoms with Gasteiger partial charge in [-0.2, -0.15) is 0 Å². The Morgan fingerprint density at radius 3 is 2.74 bits per heavy atom. The summed E-state index contributed by atoms with van der Waals surface area (Å²) in [5.41, 5.74) is 0.499. The number of anilines is 1. The first kappa shape index (κ1) is 21.2. The number of piperidine rings is 1. The summed E-state index contributed by atoms with van der Waals surface area (Å²) >= 11 is 0.